The Labute approximate surface area is 125 Å². The van der Waals surface area contributed by atoms with Gasteiger partial charge in [0.05, 0.1) is 6.04 Å². The van der Waals surface area contributed by atoms with Crippen molar-refractivity contribution >= 4 is 27.5 Å². The predicted molar refractivity (Wildman–Crippen MR) is 81.1 cm³/mol. The van der Waals surface area contributed by atoms with Gasteiger partial charge in [0.25, 0.3) is 0 Å². The molecule has 0 aliphatic carbocycles. The fourth-order valence-corrected chi connectivity index (χ4v) is 2.84. The maximum Gasteiger partial charge on any atom is 0.129 e. The molecular formula is C15H14BrClFN. The molecule has 0 fully saturated rings. The summed E-state index contributed by atoms with van der Waals surface area (Å²) in [7, 11) is 0. The zero-order valence-corrected chi connectivity index (χ0v) is 13.0. The van der Waals surface area contributed by atoms with Gasteiger partial charge in [0.15, 0.2) is 0 Å². The molecule has 0 bridgehead atoms. The lowest BCUT2D eigenvalue weighted by atomic mass is 9.94. The van der Waals surface area contributed by atoms with Crippen LogP contribution in [0.25, 0.3) is 0 Å². The standard InChI is InChI=1S/C15H14BrClFN/c1-8-7-11(16)9(2)6-10(8)15(19)14-12(17)4-3-5-13(14)18/h3-7,15H,19H2,1-2H3. The van der Waals surface area contributed by atoms with Crippen LogP contribution in [-0.2, 0) is 0 Å². The first-order chi connectivity index (χ1) is 8.91. The summed E-state index contributed by atoms with van der Waals surface area (Å²) >= 11 is 9.54. The lowest BCUT2D eigenvalue weighted by molar-refractivity contribution is 0.599. The lowest BCUT2D eigenvalue weighted by Crippen LogP contribution is -2.16. The highest BCUT2D eigenvalue weighted by Crippen LogP contribution is 2.32. The summed E-state index contributed by atoms with van der Waals surface area (Å²) in [4.78, 5) is 0. The number of benzene rings is 2. The van der Waals surface area contributed by atoms with E-state index in [4.69, 9.17) is 17.3 Å². The molecule has 2 aromatic carbocycles. The number of nitrogens with two attached hydrogens (primary N) is 1. The second kappa shape index (κ2) is 5.61. The van der Waals surface area contributed by atoms with Crippen molar-refractivity contribution in [2.24, 2.45) is 5.73 Å². The minimum absolute atomic E-state index is 0.342. The zero-order chi connectivity index (χ0) is 14.2. The molecule has 0 saturated heterocycles. The van der Waals surface area contributed by atoms with Crippen molar-refractivity contribution in [3.8, 4) is 0 Å². The van der Waals surface area contributed by atoms with E-state index in [0.717, 1.165) is 21.2 Å². The third-order valence-electron chi connectivity index (χ3n) is 3.19. The first-order valence-electron chi connectivity index (χ1n) is 5.88. The first-order valence-corrected chi connectivity index (χ1v) is 7.05. The molecule has 0 radical (unpaired) electrons. The normalized spacial score (nSPS) is 12.5. The van der Waals surface area contributed by atoms with Gasteiger partial charge in [-0.05, 0) is 48.7 Å². The summed E-state index contributed by atoms with van der Waals surface area (Å²) in [6.45, 7) is 3.93. The molecule has 0 heterocycles. The molecule has 2 aromatic rings. The predicted octanol–water partition coefficient (Wildman–Crippen LogP) is 4.91. The zero-order valence-electron chi connectivity index (χ0n) is 10.7. The van der Waals surface area contributed by atoms with E-state index in [0.29, 0.717) is 10.6 Å². The minimum Gasteiger partial charge on any atom is -0.320 e. The third kappa shape index (κ3) is 2.83. The van der Waals surface area contributed by atoms with E-state index in [1.165, 1.54) is 6.07 Å². The highest BCUT2D eigenvalue weighted by Gasteiger charge is 2.19. The molecule has 4 heteroatoms. The highest BCUT2D eigenvalue weighted by atomic mass is 79.9. The summed E-state index contributed by atoms with van der Waals surface area (Å²) in [6, 6.07) is 7.99. The average Bonchev–Trinajstić information content (AvgIpc) is 2.33. The van der Waals surface area contributed by atoms with Crippen LogP contribution in [0.5, 0.6) is 0 Å². The van der Waals surface area contributed by atoms with Gasteiger partial charge in [-0.3, -0.25) is 0 Å². The number of aryl methyl sites for hydroxylation is 2. The van der Waals surface area contributed by atoms with Crippen LogP contribution in [-0.4, -0.2) is 0 Å². The number of halogens is 3. The molecule has 0 amide bonds. The highest BCUT2D eigenvalue weighted by molar-refractivity contribution is 9.10. The van der Waals surface area contributed by atoms with Gasteiger partial charge in [0.2, 0.25) is 0 Å². The summed E-state index contributed by atoms with van der Waals surface area (Å²) in [6.07, 6.45) is 0. The minimum atomic E-state index is -0.569. The molecule has 100 valence electrons. The maximum absolute atomic E-state index is 13.9. The average molecular weight is 343 g/mol. The molecule has 2 rings (SSSR count). The molecule has 0 spiro atoms. The molecule has 0 aromatic heterocycles. The van der Waals surface area contributed by atoms with Gasteiger partial charge < -0.3 is 5.73 Å². The number of rotatable bonds is 2. The summed E-state index contributed by atoms with van der Waals surface area (Å²) in [5.41, 5.74) is 9.48. The molecule has 1 nitrogen and oxygen atoms in total. The molecule has 19 heavy (non-hydrogen) atoms. The molecule has 0 aliphatic rings. The fourth-order valence-electron chi connectivity index (χ4n) is 2.10. The Balaban J connectivity index is 2.56. The Kier molecular flexibility index (Phi) is 4.29. The van der Waals surface area contributed by atoms with E-state index >= 15 is 0 Å². The largest absolute Gasteiger partial charge is 0.320 e. The Bertz CT molecular complexity index is 608. The van der Waals surface area contributed by atoms with Gasteiger partial charge in [0, 0.05) is 15.1 Å². The van der Waals surface area contributed by atoms with Gasteiger partial charge in [-0.25, -0.2) is 4.39 Å². The van der Waals surface area contributed by atoms with Gasteiger partial charge in [-0.1, -0.05) is 39.7 Å². The van der Waals surface area contributed by atoms with E-state index in [-0.39, 0.29) is 5.82 Å². The topological polar surface area (TPSA) is 26.0 Å². The lowest BCUT2D eigenvalue weighted by Gasteiger charge is -2.18. The third-order valence-corrected chi connectivity index (χ3v) is 4.38. The number of hydrogen-bond donors (Lipinski definition) is 1. The number of hydrogen-bond acceptors (Lipinski definition) is 1. The van der Waals surface area contributed by atoms with E-state index in [1.807, 2.05) is 26.0 Å². The second-order valence-corrected chi connectivity index (χ2v) is 5.83. The molecule has 0 saturated carbocycles. The Morgan fingerprint density at radius 2 is 1.89 bits per heavy atom. The van der Waals surface area contributed by atoms with Crippen LogP contribution in [0.15, 0.2) is 34.8 Å². The van der Waals surface area contributed by atoms with Crippen molar-refractivity contribution < 1.29 is 4.39 Å². The van der Waals surface area contributed by atoms with Crippen LogP contribution in [0, 0.1) is 19.7 Å². The van der Waals surface area contributed by atoms with Crippen LogP contribution in [0.4, 0.5) is 4.39 Å². The first kappa shape index (κ1) is 14.5. The van der Waals surface area contributed by atoms with Crippen molar-refractivity contribution in [3.05, 3.63) is 67.9 Å². The monoisotopic (exact) mass is 341 g/mol. The van der Waals surface area contributed by atoms with E-state index in [9.17, 15) is 4.39 Å². The van der Waals surface area contributed by atoms with Crippen molar-refractivity contribution in [3.63, 3.8) is 0 Å². The van der Waals surface area contributed by atoms with E-state index in [2.05, 4.69) is 15.9 Å². The summed E-state index contributed by atoms with van der Waals surface area (Å²) in [5, 5.41) is 0.354. The van der Waals surface area contributed by atoms with Crippen LogP contribution in [0.1, 0.15) is 28.3 Å². The van der Waals surface area contributed by atoms with Crippen molar-refractivity contribution in [1.82, 2.24) is 0 Å². The molecular weight excluding hydrogens is 329 g/mol. The fraction of sp³-hybridized carbons (Fsp3) is 0.200. The van der Waals surface area contributed by atoms with Crippen molar-refractivity contribution in [1.29, 1.82) is 0 Å². The van der Waals surface area contributed by atoms with Gasteiger partial charge in [-0.2, -0.15) is 0 Å². The molecule has 1 atom stereocenters. The van der Waals surface area contributed by atoms with Crippen molar-refractivity contribution in [2.75, 3.05) is 0 Å². The Hall–Kier alpha value is -0.900. The van der Waals surface area contributed by atoms with Gasteiger partial charge >= 0.3 is 0 Å². The smallest absolute Gasteiger partial charge is 0.129 e. The second-order valence-electron chi connectivity index (χ2n) is 4.57. The van der Waals surface area contributed by atoms with Crippen LogP contribution in [0.3, 0.4) is 0 Å². The van der Waals surface area contributed by atoms with E-state index in [1.54, 1.807) is 12.1 Å². The van der Waals surface area contributed by atoms with Crippen LogP contribution in [0.2, 0.25) is 5.02 Å². The van der Waals surface area contributed by atoms with E-state index < -0.39 is 6.04 Å². The summed E-state index contributed by atoms with van der Waals surface area (Å²) < 4.78 is 14.9. The van der Waals surface area contributed by atoms with Crippen LogP contribution >= 0.6 is 27.5 Å². The van der Waals surface area contributed by atoms with Gasteiger partial charge in [-0.15, -0.1) is 0 Å². The van der Waals surface area contributed by atoms with Crippen LogP contribution < -0.4 is 5.73 Å². The van der Waals surface area contributed by atoms with Gasteiger partial charge in [0.1, 0.15) is 5.82 Å². The van der Waals surface area contributed by atoms with Crippen molar-refractivity contribution in [2.45, 2.75) is 19.9 Å². The molecule has 0 aliphatic heterocycles. The maximum atomic E-state index is 13.9. The quantitative estimate of drug-likeness (QED) is 0.825. The molecule has 1 unspecified atom stereocenters. The Morgan fingerprint density at radius 3 is 2.53 bits per heavy atom. The SMILES string of the molecule is Cc1cc(C(N)c2c(F)cccc2Cl)c(C)cc1Br. The molecule has 2 N–H and O–H groups in total. The summed E-state index contributed by atoms with van der Waals surface area (Å²) in [5.74, 6) is -0.375. The Morgan fingerprint density at radius 1 is 1.21 bits per heavy atom.